The molecule has 8 heteroatoms. The van der Waals surface area contributed by atoms with Crippen LogP contribution in [0.1, 0.15) is 61.1 Å². The number of nitrogens with zero attached hydrogens (tertiary/aromatic N) is 4. The van der Waals surface area contributed by atoms with Gasteiger partial charge >= 0.3 is 5.97 Å². The summed E-state index contributed by atoms with van der Waals surface area (Å²) in [5.74, 6) is -1.04. The Labute approximate surface area is 170 Å². The number of likely N-dealkylation sites (tertiary alicyclic amines) is 1. The van der Waals surface area contributed by atoms with Crippen LogP contribution >= 0.6 is 0 Å². The molecular weight excluding hydrogens is 372 g/mol. The van der Waals surface area contributed by atoms with Gasteiger partial charge < -0.3 is 14.9 Å². The summed E-state index contributed by atoms with van der Waals surface area (Å²) in [5.41, 5.74) is 1.20. The molecule has 8 nitrogen and oxygen atoms in total. The number of nitriles is 1. The van der Waals surface area contributed by atoms with Gasteiger partial charge in [0.15, 0.2) is 5.78 Å². The van der Waals surface area contributed by atoms with E-state index in [0.717, 1.165) is 6.42 Å². The van der Waals surface area contributed by atoms with Crippen molar-refractivity contribution < 1.29 is 19.5 Å². The van der Waals surface area contributed by atoms with Gasteiger partial charge in [0.2, 0.25) is 5.91 Å². The largest absolute Gasteiger partial charge is 0.481 e. The summed E-state index contributed by atoms with van der Waals surface area (Å²) in [6.07, 6.45) is 2.25. The zero-order valence-electron chi connectivity index (χ0n) is 16.8. The maximum Gasteiger partial charge on any atom is 0.306 e. The van der Waals surface area contributed by atoms with Crippen molar-refractivity contribution in [3.05, 3.63) is 22.9 Å². The topological polar surface area (TPSA) is 115 Å². The van der Waals surface area contributed by atoms with Crippen molar-refractivity contribution in [3.63, 3.8) is 0 Å². The number of Topliss-reactive ketones (excluding diaryl/α,β-unsaturated/α-hetero) is 1. The van der Waals surface area contributed by atoms with Gasteiger partial charge in [0.25, 0.3) is 0 Å². The average molecular weight is 398 g/mol. The molecule has 2 fully saturated rings. The van der Waals surface area contributed by atoms with Gasteiger partial charge in [-0.3, -0.25) is 14.4 Å². The van der Waals surface area contributed by atoms with Crippen LogP contribution in [0.5, 0.6) is 0 Å². The van der Waals surface area contributed by atoms with Gasteiger partial charge in [0.1, 0.15) is 11.9 Å². The summed E-state index contributed by atoms with van der Waals surface area (Å²) in [6.45, 7) is 5.44. The fourth-order valence-electron chi connectivity index (χ4n) is 3.90. The number of carbonyl (C=O) groups excluding carboxylic acids is 2. The maximum atomic E-state index is 12.8. The van der Waals surface area contributed by atoms with Crippen LogP contribution in [0.25, 0.3) is 0 Å². The molecule has 3 heterocycles. The highest BCUT2D eigenvalue weighted by atomic mass is 16.4. The van der Waals surface area contributed by atoms with Crippen LogP contribution in [0.3, 0.4) is 0 Å². The molecule has 0 atom stereocenters. The monoisotopic (exact) mass is 398 g/mol. The van der Waals surface area contributed by atoms with Crippen molar-refractivity contribution in [3.8, 4) is 6.07 Å². The Hall–Kier alpha value is -2.95. The predicted molar refractivity (Wildman–Crippen MR) is 105 cm³/mol. The number of carbonyl (C=O) groups is 3. The smallest absolute Gasteiger partial charge is 0.306 e. The van der Waals surface area contributed by atoms with Gasteiger partial charge in [-0.25, -0.2) is 4.98 Å². The Bertz CT molecular complexity index is 866. The minimum absolute atomic E-state index is 0.0444. The zero-order valence-corrected chi connectivity index (χ0v) is 16.8. The van der Waals surface area contributed by atoms with Gasteiger partial charge in [-0.2, -0.15) is 5.26 Å². The van der Waals surface area contributed by atoms with Crippen LogP contribution in [0.2, 0.25) is 0 Å². The molecule has 1 aromatic heterocycles. The first-order valence-electron chi connectivity index (χ1n) is 10.1. The van der Waals surface area contributed by atoms with E-state index in [4.69, 9.17) is 0 Å². The fraction of sp³-hybridized carbons (Fsp3) is 0.571. The average Bonchev–Trinajstić information content (AvgIpc) is 3.11. The van der Waals surface area contributed by atoms with Crippen molar-refractivity contribution in [2.45, 2.75) is 46.1 Å². The Kier molecular flexibility index (Phi) is 6.16. The van der Waals surface area contributed by atoms with Crippen molar-refractivity contribution in [1.29, 1.82) is 5.26 Å². The number of hydrogen-bond acceptors (Lipinski definition) is 6. The molecule has 1 aromatic rings. The molecule has 3 rings (SSSR count). The normalized spacial score (nSPS) is 17.7. The van der Waals surface area contributed by atoms with Crippen LogP contribution in [0.4, 0.5) is 5.82 Å². The number of rotatable bonds is 6. The van der Waals surface area contributed by atoms with Gasteiger partial charge in [0.05, 0.1) is 23.7 Å². The molecule has 1 N–H and O–H groups in total. The number of aliphatic carboxylic acids is 1. The van der Waals surface area contributed by atoms with Gasteiger partial charge in [0, 0.05) is 37.5 Å². The van der Waals surface area contributed by atoms with E-state index in [-0.39, 0.29) is 30.1 Å². The summed E-state index contributed by atoms with van der Waals surface area (Å²) < 4.78 is 0. The molecule has 29 heavy (non-hydrogen) atoms. The Morgan fingerprint density at radius 1 is 1.31 bits per heavy atom. The lowest BCUT2D eigenvalue weighted by atomic mass is 9.95. The second-order valence-electron chi connectivity index (χ2n) is 8.00. The van der Waals surface area contributed by atoms with Crippen molar-refractivity contribution in [1.82, 2.24) is 9.88 Å². The van der Waals surface area contributed by atoms with E-state index in [1.54, 1.807) is 24.8 Å². The van der Waals surface area contributed by atoms with E-state index in [0.29, 0.717) is 61.5 Å². The highest BCUT2D eigenvalue weighted by Crippen LogP contribution is 2.28. The molecule has 2 aliphatic heterocycles. The van der Waals surface area contributed by atoms with Crippen LogP contribution in [0, 0.1) is 23.2 Å². The third-order valence-corrected chi connectivity index (χ3v) is 5.65. The number of pyridine rings is 1. The van der Waals surface area contributed by atoms with Crippen LogP contribution < -0.4 is 4.90 Å². The number of ketones is 1. The molecule has 0 aliphatic carbocycles. The molecule has 2 aliphatic rings. The molecule has 1 amide bonds. The maximum absolute atomic E-state index is 12.8. The number of piperidine rings is 1. The van der Waals surface area contributed by atoms with Crippen molar-refractivity contribution >= 4 is 23.5 Å². The second kappa shape index (κ2) is 8.60. The summed E-state index contributed by atoms with van der Waals surface area (Å²) in [5, 5.41) is 18.9. The zero-order chi connectivity index (χ0) is 21.1. The minimum Gasteiger partial charge on any atom is -0.481 e. The lowest BCUT2D eigenvalue weighted by molar-refractivity contribution is -0.142. The first-order chi connectivity index (χ1) is 13.8. The lowest BCUT2D eigenvalue weighted by Crippen LogP contribution is -2.37. The second-order valence-corrected chi connectivity index (χ2v) is 8.00. The summed E-state index contributed by atoms with van der Waals surface area (Å²) in [6, 6.07) is 3.72. The standard InChI is InChI=1S/C21H26N4O4/c1-13(2)19(27)16-10-15(11-22)20(24-8-5-14(6-9-24)21(28)29)23-17(16)12-25-7-3-4-18(25)26/h10,13-14H,3-9,12H2,1-2H3,(H,28,29). The number of carboxylic acids is 1. The van der Waals surface area contributed by atoms with E-state index in [9.17, 15) is 24.8 Å². The number of aromatic nitrogens is 1. The molecule has 0 radical (unpaired) electrons. The third-order valence-electron chi connectivity index (χ3n) is 5.65. The van der Waals surface area contributed by atoms with Gasteiger partial charge in [-0.05, 0) is 25.3 Å². The molecule has 0 bridgehead atoms. The number of anilines is 1. The molecule has 0 saturated carbocycles. The Balaban J connectivity index is 1.97. The lowest BCUT2D eigenvalue weighted by Gasteiger charge is -2.32. The summed E-state index contributed by atoms with van der Waals surface area (Å²) in [4.78, 5) is 44.4. The molecule has 0 aromatic carbocycles. The van der Waals surface area contributed by atoms with E-state index >= 15 is 0 Å². The number of amides is 1. The highest BCUT2D eigenvalue weighted by Gasteiger charge is 2.29. The van der Waals surface area contributed by atoms with Crippen molar-refractivity contribution in [2.24, 2.45) is 11.8 Å². The van der Waals surface area contributed by atoms with Gasteiger partial charge in [-0.15, -0.1) is 0 Å². The molecular formula is C21H26N4O4. The fourth-order valence-corrected chi connectivity index (χ4v) is 3.90. The Morgan fingerprint density at radius 2 is 2.00 bits per heavy atom. The van der Waals surface area contributed by atoms with Crippen molar-refractivity contribution in [2.75, 3.05) is 24.5 Å². The van der Waals surface area contributed by atoms with Crippen LogP contribution in [0.15, 0.2) is 6.07 Å². The number of carboxylic acid groups (broad SMARTS) is 1. The van der Waals surface area contributed by atoms with Crippen LogP contribution in [-0.2, 0) is 16.1 Å². The van der Waals surface area contributed by atoms with Crippen LogP contribution in [-0.4, -0.2) is 52.3 Å². The molecule has 0 spiro atoms. The number of hydrogen-bond donors (Lipinski definition) is 1. The SMILES string of the molecule is CC(C)C(=O)c1cc(C#N)c(N2CCC(C(=O)O)CC2)nc1CN1CCCC1=O. The van der Waals surface area contributed by atoms with E-state index in [1.165, 1.54) is 0 Å². The Morgan fingerprint density at radius 3 is 2.52 bits per heavy atom. The quantitative estimate of drug-likeness (QED) is 0.731. The van der Waals surface area contributed by atoms with E-state index in [2.05, 4.69) is 11.1 Å². The predicted octanol–water partition coefficient (Wildman–Crippen LogP) is 2.22. The van der Waals surface area contributed by atoms with Gasteiger partial charge in [-0.1, -0.05) is 13.8 Å². The van der Waals surface area contributed by atoms with E-state index < -0.39 is 5.97 Å². The van der Waals surface area contributed by atoms with E-state index in [1.807, 2.05) is 4.90 Å². The molecule has 0 unspecified atom stereocenters. The first kappa shape index (κ1) is 20.8. The summed E-state index contributed by atoms with van der Waals surface area (Å²) >= 11 is 0. The molecule has 154 valence electrons. The minimum atomic E-state index is -0.802. The third kappa shape index (κ3) is 4.39. The highest BCUT2D eigenvalue weighted by molar-refractivity contribution is 5.99. The molecule has 2 saturated heterocycles. The first-order valence-corrected chi connectivity index (χ1v) is 10.1. The summed E-state index contributed by atoms with van der Waals surface area (Å²) in [7, 11) is 0.